The molecule has 72 valence electrons. The number of nitrogens with zero attached hydrogens (tertiary/aromatic N) is 2. The summed E-state index contributed by atoms with van der Waals surface area (Å²) >= 11 is 1.46. The van der Waals surface area contributed by atoms with E-state index in [0.29, 0.717) is 5.75 Å². The summed E-state index contributed by atoms with van der Waals surface area (Å²) in [4.78, 5) is 18.7. The third-order valence-corrected chi connectivity index (χ3v) is 2.94. The Morgan fingerprint density at radius 1 is 1.64 bits per heavy atom. The summed E-state index contributed by atoms with van der Waals surface area (Å²) in [5, 5.41) is 9.51. The van der Waals surface area contributed by atoms with Crippen LogP contribution in [0.2, 0.25) is 0 Å². The number of aromatic nitrogens is 1. The molecule has 0 radical (unpaired) electrons. The molecule has 4 nitrogen and oxygen atoms in total. The van der Waals surface area contributed by atoms with Crippen LogP contribution in [0.1, 0.15) is 5.56 Å². The third kappa shape index (κ3) is 1.77. The summed E-state index contributed by atoms with van der Waals surface area (Å²) < 4.78 is 0. The Balaban J connectivity index is 2.22. The Bertz CT molecular complexity index is 378. The van der Waals surface area contributed by atoms with Gasteiger partial charge in [-0.2, -0.15) is 0 Å². The smallest absolute Gasteiger partial charge is 0.329 e. The molecule has 0 bridgehead atoms. The number of thioether (sulfide) groups is 1. The first-order valence-electron chi connectivity index (χ1n) is 4.11. The lowest BCUT2D eigenvalue weighted by molar-refractivity contribution is -0.137. The van der Waals surface area contributed by atoms with Gasteiger partial charge in [-0.05, 0) is 12.1 Å². The normalized spacial score (nSPS) is 20.6. The Morgan fingerprint density at radius 2 is 2.50 bits per heavy atom. The molecule has 0 amide bonds. The van der Waals surface area contributed by atoms with E-state index in [-0.39, 0.29) is 0 Å². The predicted molar refractivity (Wildman–Crippen MR) is 54.7 cm³/mol. The maximum absolute atomic E-state index is 10.6. The Morgan fingerprint density at radius 3 is 3.07 bits per heavy atom. The number of aliphatic carboxylic acids is 1. The first-order chi connectivity index (χ1) is 6.77. The van der Waals surface area contributed by atoms with Gasteiger partial charge in [0.05, 0.1) is 0 Å². The molecule has 2 heterocycles. The van der Waals surface area contributed by atoms with Crippen LogP contribution in [-0.4, -0.2) is 32.9 Å². The van der Waals surface area contributed by atoms with Crippen molar-refractivity contribution in [2.75, 3.05) is 5.75 Å². The van der Waals surface area contributed by atoms with E-state index < -0.39 is 12.0 Å². The SMILES string of the molecule is O=C(O)[C@H]1CSC(c2cccnc2)=N1. The van der Waals surface area contributed by atoms with Gasteiger partial charge in [0.1, 0.15) is 5.04 Å². The summed E-state index contributed by atoms with van der Waals surface area (Å²) in [6.07, 6.45) is 3.37. The van der Waals surface area contributed by atoms with Gasteiger partial charge in [0.2, 0.25) is 0 Å². The summed E-state index contributed by atoms with van der Waals surface area (Å²) in [7, 11) is 0. The zero-order valence-corrected chi connectivity index (χ0v) is 8.07. The van der Waals surface area contributed by atoms with Gasteiger partial charge in [-0.25, -0.2) is 4.79 Å². The number of hydrogen-bond acceptors (Lipinski definition) is 4. The van der Waals surface area contributed by atoms with Crippen LogP contribution < -0.4 is 0 Å². The Hall–Kier alpha value is -1.36. The molecule has 0 fully saturated rings. The van der Waals surface area contributed by atoms with Crippen LogP contribution >= 0.6 is 11.8 Å². The molecule has 0 aromatic carbocycles. The fourth-order valence-electron chi connectivity index (χ4n) is 1.15. The van der Waals surface area contributed by atoms with E-state index in [0.717, 1.165) is 10.6 Å². The van der Waals surface area contributed by atoms with E-state index in [1.165, 1.54) is 11.8 Å². The lowest BCUT2D eigenvalue weighted by Gasteiger charge is -1.96. The molecule has 14 heavy (non-hydrogen) atoms. The molecule has 1 aromatic rings. The number of pyridine rings is 1. The van der Waals surface area contributed by atoms with E-state index in [9.17, 15) is 4.79 Å². The highest BCUT2D eigenvalue weighted by Gasteiger charge is 2.24. The molecule has 1 aromatic heterocycles. The lowest BCUT2D eigenvalue weighted by Crippen LogP contribution is -2.17. The fourth-order valence-corrected chi connectivity index (χ4v) is 2.17. The van der Waals surface area contributed by atoms with Crippen molar-refractivity contribution in [1.82, 2.24) is 4.98 Å². The van der Waals surface area contributed by atoms with Crippen molar-refractivity contribution in [3.8, 4) is 0 Å². The van der Waals surface area contributed by atoms with E-state index in [1.54, 1.807) is 12.4 Å². The summed E-state index contributed by atoms with van der Waals surface area (Å²) in [6, 6.07) is 3.09. The third-order valence-electron chi connectivity index (χ3n) is 1.84. The monoisotopic (exact) mass is 208 g/mol. The summed E-state index contributed by atoms with van der Waals surface area (Å²) in [5.41, 5.74) is 0.890. The predicted octanol–water partition coefficient (Wildman–Crippen LogP) is 1.03. The molecule has 0 saturated carbocycles. The van der Waals surface area contributed by atoms with Crippen LogP contribution in [-0.2, 0) is 4.79 Å². The minimum Gasteiger partial charge on any atom is -0.480 e. The molecule has 1 aliphatic heterocycles. The minimum absolute atomic E-state index is 0.513. The number of carboxylic acids is 1. The zero-order chi connectivity index (χ0) is 9.97. The first-order valence-corrected chi connectivity index (χ1v) is 5.10. The second-order valence-electron chi connectivity index (χ2n) is 2.84. The van der Waals surface area contributed by atoms with Crippen molar-refractivity contribution in [3.05, 3.63) is 30.1 Å². The van der Waals surface area contributed by atoms with Crippen LogP contribution in [0.3, 0.4) is 0 Å². The van der Waals surface area contributed by atoms with E-state index in [1.807, 2.05) is 12.1 Å². The average molecular weight is 208 g/mol. The van der Waals surface area contributed by atoms with Crippen molar-refractivity contribution < 1.29 is 9.90 Å². The van der Waals surface area contributed by atoms with Gasteiger partial charge in [0.15, 0.2) is 6.04 Å². The summed E-state index contributed by atoms with van der Waals surface area (Å²) in [6.45, 7) is 0. The zero-order valence-electron chi connectivity index (χ0n) is 7.25. The number of carboxylic acid groups (broad SMARTS) is 1. The molecule has 0 saturated heterocycles. The van der Waals surface area contributed by atoms with Gasteiger partial charge in [-0.1, -0.05) is 0 Å². The number of rotatable bonds is 2. The molecular weight excluding hydrogens is 200 g/mol. The average Bonchev–Trinajstić information content (AvgIpc) is 2.68. The topological polar surface area (TPSA) is 62.5 Å². The maximum atomic E-state index is 10.6. The molecule has 1 atom stereocenters. The van der Waals surface area contributed by atoms with Crippen molar-refractivity contribution in [3.63, 3.8) is 0 Å². The molecule has 2 rings (SSSR count). The van der Waals surface area contributed by atoms with Crippen LogP contribution in [0, 0.1) is 0 Å². The molecule has 1 aliphatic rings. The van der Waals surface area contributed by atoms with Gasteiger partial charge in [0.25, 0.3) is 0 Å². The largest absolute Gasteiger partial charge is 0.480 e. The number of aliphatic imine (C=N–C) groups is 1. The van der Waals surface area contributed by atoms with Gasteiger partial charge < -0.3 is 5.11 Å². The number of hydrogen-bond donors (Lipinski definition) is 1. The maximum Gasteiger partial charge on any atom is 0.329 e. The van der Waals surface area contributed by atoms with Crippen molar-refractivity contribution in [2.24, 2.45) is 4.99 Å². The first kappa shape index (κ1) is 9.21. The molecule has 0 spiro atoms. The minimum atomic E-state index is -0.864. The van der Waals surface area contributed by atoms with Crippen LogP contribution in [0.25, 0.3) is 0 Å². The number of carbonyl (C=O) groups is 1. The van der Waals surface area contributed by atoms with Crippen molar-refractivity contribution in [2.45, 2.75) is 6.04 Å². The van der Waals surface area contributed by atoms with Gasteiger partial charge in [0, 0.05) is 23.7 Å². The van der Waals surface area contributed by atoms with Gasteiger partial charge in [-0.15, -0.1) is 11.8 Å². The Kier molecular flexibility index (Phi) is 2.49. The highest BCUT2D eigenvalue weighted by molar-refractivity contribution is 8.14. The van der Waals surface area contributed by atoms with Crippen LogP contribution in [0.4, 0.5) is 0 Å². The van der Waals surface area contributed by atoms with E-state index in [2.05, 4.69) is 9.98 Å². The quantitative estimate of drug-likeness (QED) is 0.788. The second-order valence-corrected chi connectivity index (χ2v) is 3.85. The summed E-state index contributed by atoms with van der Waals surface area (Å²) in [5.74, 6) is -0.351. The molecule has 5 heteroatoms. The van der Waals surface area contributed by atoms with Gasteiger partial charge in [-0.3, -0.25) is 9.98 Å². The van der Waals surface area contributed by atoms with Crippen molar-refractivity contribution in [1.29, 1.82) is 0 Å². The highest BCUT2D eigenvalue weighted by atomic mass is 32.2. The lowest BCUT2D eigenvalue weighted by atomic mass is 10.3. The second kappa shape index (κ2) is 3.79. The van der Waals surface area contributed by atoms with Gasteiger partial charge >= 0.3 is 5.97 Å². The van der Waals surface area contributed by atoms with Crippen molar-refractivity contribution >= 4 is 22.8 Å². The molecular formula is C9H8N2O2S. The Labute approximate surface area is 85.1 Å². The fraction of sp³-hybridized carbons (Fsp3) is 0.222. The van der Waals surface area contributed by atoms with E-state index >= 15 is 0 Å². The molecule has 0 unspecified atom stereocenters. The van der Waals surface area contributed by atoms with E-state index in [4.69, 9.17) is 5.11 Å². The molecule has 0 aliphatic carbocycles. The highest BCUT2D eigenvalue weighted by Crippen LogP contribution is 2.22. The van der Waals surface area contributed by atoms with Crippen LogP contribution in [0.15, 0.2) is 29.5 Å². The standard InChI is InChI=1S/C9H8N2O2S/c12-9(13)7-5-14-8(11-7)6-2-1-3-10-4-6/h1-4,7H,5H2,(H,12,13)/t7-/m1/s1. The molecule has 1 N–H and O–H groups in total. The van der Waals surface area contributed by atoms with Crippen LogP contribution in [0.5, 0.6) is 0 Å².